The normalized spacial score (nSPS) is 19.9. The van der Waals surface area contributed by atoms with Gasteiger partial charge in [-0.3, -0.25) is 4.79 Å². The van der Waals surface area contributed by atoms with Crippen LogP contribution in [0.5, 0.6) is 0 Å². The molecule has 2 rings (SSSR count). The maximum absolute atomic E-state index is 11.1. The first-order valence-electron chi connectivity index (χ1n) is 6.18. The van der Waals surface area contributed by atoms with Crippen LogP contribution < -0.4 is 16.8 Å². The first kappa shape index (κ1) is 12.7. The Labute approximate surface area is 107 Å². The van der Waals surface area contributed by atoms with Crippen LogP contribution in [0.3, 0.4) is 0 Å². The van der Waals surface area contributed by atoms with E-state index in [1.54, 1.807) is 18.2 Å². The molecule has 1 fully saturated rings. The first-order valence-corrected chi connectivity index (χ1v) is 6.18. The molecule has 1 aliphatic heterocycles. The highest BCUT2D eigenvalue weighted by Gasteiger charge is 2.19. The molecule has 1 saturated heterocycles. The topological polar surface area (TPSA) is 84.4 Å². The summed E-state index contributed by atoms with van der Waals surface area (Å²) in [6.07, 6.45) is 1.19. The van der Waals surface area contributed by atoms with Gasteiger partial charge in [-0.15, -0.1) is 0 Å². The van der Waals surface area contributed by atoms with Crippen LogP contribution in [0.1, 0.15) is 16.8 Å². The molecule has 1 aromatic carbocycles. The fourth-order valence-corrected chi connectivity index (χ4v) is 2.31. The third kappa shape index (κ3) is 2.92. The van der Waals surface area contributed by atoms with Gasteiger partial charge in [0.05, 0.1) is 11.4 Å². The number of benzene rings is 1. The molecule has 1 aliphatic rings. The molecule has 1 aromatic rings. The number of carbonyl (C=O) groups is 1. The maximum atomic E-state index is 11.1. The Morgan fingerprint density at radius 1 is 1.56 bits per heavy atom. The summed E-state index contributed by atoms with van der Waals surface area (Å²) in [4.78, 5) is 13.4. The molecule has 5 nitrogen and oxygen atoms in total. The molecule has 18 heavy (non-hydrogen) atoms. The summed E-state index contributed by atoms with van der Waals surface area (Å²) in [6.45, 7) is 3.11. The summed E-state index contributed by atoms with van der Waals surface area (Å²) in [5, 5.41) is 3.31. The average Bonchev–Trinajstić information content (AvgIpc) is 2.74. The van der Waals surface area contributed by atoms with Gasteiger partial charge in [-0.1, -0.05) is 0 Å². The number of nitrogens with two attached hydrogens (primary N) is 2. The van der Waals surface area contributed by atoms with Gasteiger partial charge in [-0.2, -0.15) is 0 Å². The molecule has 0 radical (unpaired) electrons. The number of nitrogens with one attached hydrogen (secondary N) is 1. The zero-order valence-electron chi connectivity index (χ0n) is 10.6. The van der Waals surface area contributed by atoms with Crippen molar-refractivity contribution in [3.63, 3.8) is 0 Å². The number of hydrogen-bond donors (Lipinski definition) is 3. The Morgan fingerprint density at radius 3 is 2.94 bits per heavy atom. The van der Waals surface area contributed by atoms with Crippen molar-refractivity contribution in [2.24, 2.45) is 11.7 Å². The van der Waals surface area contributed by atoms with E-state index in [1.807, 2.05) is 0 Å². The molecular weight excluding hydrogens is 228 g/mol. The van der Waals surface area contributed by atoms with Crippen molar-refractivity contribution in [1.29, 1.82) is 0 Å². The van der Waals surface area contributed by atoms with E-state index in [2.05, 4.69) is 17.3 Å². The molecule has 0 spiro atoms. The van der Waals surface area contributed by atoms with E-state index in [9.17, 15) is 4.79 Å². The number of anilines is 2. The smallest absolute Gasteiger partial charge is 0.248 e. The van der Waals surface area contributed by atoms with Crippen molar-refractivity contribution in [3.05, 3.63) is 23.8 Å². The second-order valence-corrected chi connectivity index (χ2v) is 4.96. The van der Waals surface area contributed by atoms with Crippen LogP contribution in [-0.2, 0) is 0 Å². The molecule has 0 aromatic heterocycles. The number of hydrogen-bond acceptors (Lipinski definition) is 4. The molecule has 98 valence electrons. The Morgan fingerprint density at radius 2 is 2.33 bits per heavy atom. The lowest BCUT2D eigenvalue weighted by molar-refractivity contribution is 0.100. The maximum Gasteiger partial charge on any atom is 0.248 e. The zero-order valence-corrected chi connectivity index (χ0v) is 10.6. The summed E-state index contributed by atoms with van der Waals surface area (Å²) < 4.78 is 0. The Kier molecular flexibility index (Phi) is 3.72. The molecule has 1 atom stereocenters. The lowest BCUT2D eigenvalue weighted by Gasteiger charge is -2.14. The number of primary amides is 1. The summed E-state index contributed by atoms with van der Waals surface area (Å²) in [5.41, 5.74) is 13.1. The lowest BCUT2D eigenvalue weighted by Crippen LogP contribution is -2.20. The van der Waals surface area contributed by atoms with Gasteiger partial charge >= 0.3 is 0 Å². The quantitative estimate of drug-likeness (QED) is 0.686. The van der Waals surface area contributed by atoms with Gasteiger partial charge in [0.1, 0.15) is 0 Å². The second-order valence-electron chi connectivity index (χ2n) is 4.96. The minimum atomic E-state index is -0.432. The number of nitrogens with zero attached hydrogens (tertiary/aromatic N) is 1. The van der Waals surface area contributed by atoms with Crippen LogP contribution >= 0.6 is 0 Å². The Hall–Kier alpha value is -1.75. The van der Waals surface area contributed by atoms with Gasteiger partial charge < -0.3 is 21.7 Å². The largest absolute Gasteiger partial charge is 0.397 e. The van der Waals surface area contributed by atoms with Crippen molar-refractivity contribution in [2.45, 2.75) is 6.42 Å². The van der Waals surface area contributed by atoms with E-state index in [1.165, 1.54) is 6.42 Å². The van der Waals surface area contributed by atoms with Gasteiger partial charge in [-0.25, -0.2) is 0 Å². The summed E-state index contributed by atoms with van der Waals surface area (Å²) in [7, 11) is 2.13. The molecule has 5 heteroatoms. The molecule has 0 saturated carbocycles. The third-order valence-electron chi connectivity index (χ3n) is 3.41. The number of carbonyl (C=O) groups excluding carboxylic acids is 1. The Bertz CT molecular complexity index is 447. The van der Waals surface area contributed by atoms with Crippen molar-refractivity contribution in [3.8, 4) is 0 Å². The molecule has 1 amide bonds. The van der Waals surface area contributed by atoms with Crippen LogP contribution in [0.4, 0.5) is 11.4 Å². The fourth-order valence-electron chi connectivity index (χ4n) is 2.31. The van der Waals surface area contributed by atoms with E-state index >= 15 is 0 Å². The van der Waals surface area contributed by atoms with E-state index < -0.39 is 5.91 Å². The zero-order chi connectivity index (χ0) is 13.1. The standard InChI is InChI=1S/C13H20N4O/c1-17-5-4-9(8-17)7-16-12-6-10(13(15)18)2-3-11(12)14/h2-3,6,9,16H,4-5,7-8,14H2,1H3,(H2,15,18). The van der Waals surface area contributed by atoms with Gasteiger partial charge in [0.2, 0.25) is 5.91 Å². The van der Waals surface area contributed by atoms with Gasteiger partial charge in [0.25, 0.3) is 0 Å². The molecular formula is C13H20N4O. The molecule has 0 bridgehead atoms. The van der Waals surface area contributed by atoms with Gasteiger partial charge in [0.15, 0.2) is 0 Å². The monoisotopic (exact) mass is 248 g/mol. The highest BCUT2D eigenvalue weighted by Crippen LogP contribution is 2.22. The highest BCUT2D eigenvalue weighted by atomic mass is 16.1. The SMILES string of the molecule is CN1CCC(CNc2cc(C(N)=O)ccc2N)C1. The summed E-state index contributed by atoms with van der Waals surface area (Å²) in [5.74, 6) is 0.199. The number of likely N-dealkylation sites (tertiary alicyclic amines) is 1. The van der Waals surface area contributed by atoms with E-state index in [4.69, 9.17) is 11.5 Å². The average molecular weight is 248 g/mol. The van der Waals surface area contributed by atoms with Crippen molar-refractivity contribution < 1.29 is 4.79 Å². The molecule has 1 heterocycles. The van der Waals surface area contributed by atoms with E-state index in [0.29, 0.717) is 17.2 Å². The lowest BCUT2D eigenvalue weighted by atomic mass is 10.1. The third-order valence-corrected chi connectivity index (χ3v) is 3.41. The fraction of sp³-hybridized carbons (Fsp3) is 0.462. The highest BCUT2D eigenvalue weighted by molar-refractivity contribution is 5.94. The van der Waals surface area contributed by atoms with Crippen LogP contribution in [0, 0.1) is 5.92 Å². The van der Waals surface area contributed by atoms with Gasteiger partial charge in [0, 0.05) is 18.7 Å². The predicted octanol–water partition coefficient (Wildman–Crippen LogP) is 0.731. The minimum absolute atomic E-state index is 0.432. The van der Waals surface area contributed by atoms with Crippen LogP contribution in [0.2, 0.25) is 0 Å². The number of amides is 1. The van der Waals surface area contributed by atoms with Crippen LogP contribution in [0.15, 0.2) is 18.2 Å². The molecule has 0 aliphatic carbocycles. The molecule has 5 N–H and O–H groups in total. The summed E-state index contributed by atoms with van der Waals surface area (Å²) in [6, 6.07) is 5.08. The first-order chi connectivity index (χ1) is 8.56. The van der Waals surface area contributed by atoms with Crippen molar-refractivity contribution >= 4 is 17.3 Å². The second kappa shape index (κ2) is 5.27. The number of nitrogen functional groups attached to an aromatic ring is 1. The minimum Gasteiger partial charge on any atom is -0.397 e. The number of rotatable bonds is 4. The van der Waals surface area contributed by atoms with E-state index in [-0.39, 0.29) is 0 Å². The van der Waals surface area contributed by atoms with Crippen molar-refractivity contribution in [1.82, 2.24) is 4.90 Å². The van der Waals surface area contributed by atoms with Crippen LogP contribution in [-0.4, -0.2) is 37.5 Å². The van der Waals surface area contributed by atoms with Crippen LogP contribution in [0.25, 0.3) is 0 Å². The van der Waals surface area contributed by atoms with Gasteiger partial charge in [-0.05, 0) is 44.1 Å². The predicted molar refractivity (Wildman–Crippen MR) is 73.5 cm³/mol. The molecule has 1 unspecified atom stereocenters. The van der Waals surface area contributed by atoms with E-state index in [0.717, 1.165) is 25.3 Å². The van der Waals surface area contributed by atoms with Crippen molar-refractivity contribution in [2.75, 3.05) is 37.7 Å². The Balaban J connectivity index is 2.00. The summed E-state index contributed by atoms with van der Waals surface area (Å²) >= 11 is 0.